The van der Waals surface area contributed by atoms with Gasteiger partial charge in [0.1, 0.15) is 0 Å². The SMILES string of the molecule is CC(C)(C)S(=O)(=O)c1ccc2ncccc2c1. The molecular weight excluding hydrogens is 234 g/mol. The van der Waals surface area contributed by atoms with Gasteiger partial charge in [0.15, 0.2) is 9.84 Å². The van der Waals surface area contributed by atoms with Crippen molar-refractivity contribution in [3.05, 3.63) is 36.5 Å². The van der Waals surface area contributed by atoms with Gasteiger partial charge in [-0.25, -0.2) is 8.42 Å². The molecule has 1 heterocycles. The maximum Gasteiger partial charge on any atom is 0.183 e. The molecule has 2 aromatic rings. The summed E-state index contributed by atoms with van der Waals surface area (Å²) in [5.74, 6) is 0. The van der Waals surface area contributed by atoms with Crippen LogP contribution in [0.4, 0.5) is 0 Å². The Morgan fingerprint density at radius 3 is 2.47 bits per heavy atom. The van der Waals surface area contributed by atoms with Gasteiger partial charge in [-0.15, -0.1) is 0 Å². The molecule has 4 heteroatoms. The number of pyridine rings is 1. The molecule has 0 aliphatic heterocycles. The van der Waals surface area contributed by atoms with E-state index in [9.17, 15) is 8.42 Å². The Kier molecular flexibility index (Phi) is 2.70. The summed E-state index contributed by atoms with van der Waals surface area (Å²) in [6, 6.07) is 8.71. The predicted molar refractivity (Wildman–Crippen MR) is 68.7 cm³/mol. The minimum Gasteiger partial charge on any atom is -0.256 e. The van der Waals surface area contributed by atoms with Crippen LogP contribution in [0, 0.1) is 0 Å². The molecule has 0 saturated heterocycles. The monoisotopic (exact) mass is 249 g/mol. The lowest BCUT2D eigenvalue weighted by molar-refractivity contribution is 0.560. The minimum atomic E-state index is -3.30. The fraction of sp³-hybridized carbons (Fsp3) is 0.308. The average Bonchev–Trinajstić information content (AvgIpc) is 2.27. The van der Waals surface area contributed by atoms with Crippen molar-refractivity contribution in [3.63, 3.8) is 0 Å². The van der Waals surface area contributed by atoms with Gasteiger partial charge in [0.25, 0.3) is 0 Å². The Morgan fingerprint density at radius 2 is 1.82 bits per heavy atom. The number of sulfone groups is 1. The third kappa shape index (κ3) is 2.05. The molecule has 0 radical (unpaired) electrons. The van der Waals surface area contributed by atoms with Crippen LogP contribution in [0.2, 0.25) is 0 Å². The molecule has 0 fully saturated rings. The van der Waals surface area contributed by atoms with Crippen molar-refractivity contribution < 1.29 is 8.42 Å². The second kappa shape index (κ2) is 3.81. The van der Waals surface area contributed by atoms with E-state index in [-0.39, 0.29) is 0 Å². The Labute approximate surface area is 101 Å². The van der Waals surface area contributed by atoms with Crippen LogP contribution in [0.1, 0.15) is 20.8 Å². The molecule has 1 aromatic carbocycles. The molecule has 0 unspecified atom stereocenters. The highest BCUT2D eigenvalue weighted by Gasteiger charge is 2.30. The van der Waals surface area contributed by atoms with Crippen molar-refractivity contribution in [2.75, 3.05) is 0 Å². The second-order valence-corrected chi connectivity index (χ2v) is 7.68. The van der Waals surface area contributed by atoms with Gasteiger partial charge in [0.05, 0.1) is 15.2 Å². The van der Waals surface area contributed by atoms with Gasteiger partial charge >= 0.3 is 0 Å². The Bertz CT molecular complexity index is 654. The first kappa shape index (κ1) is 12.0. The molecule has 0 N–H and O–H groups in total. The molecule has 2 rings (SSSR count). The molecule has 0 amide bonds. The summed E-state index contributed by atoms with van der Waals surface area (Å²) >= 11 is 0. The van der Waals surface area contributed by atoms with E-state index in [4.69, 9.17) is 0 Å². The summed E-state index contributed by atoms with van der Waals surface area (Å²) in [7, 11) is -3.30. The molecule has 0 aliphatic rings. The molecule has 90 valence electrons. The largest absolute Gasteiger partial charge is 0.256 e. The van der Waals surface area contributed by atoms with E-state index in [0.717, 1.165) is 10.9 Å². The zero-order valence-corrected chi connectivity index (χ0v) is 11.0. The molecule has 0 atom stereocenters. The van der Waals surface area contributed by atoms with Crippen LogP contribution in [-0.2, 0) is 9.84 Å². The highest BCUT2D eigenvalue weighted by atomic mass is 32.2. The lowest BCUT2D eigenvalue weighted by atomic mass is 10.2. The first-order valence-electron chi connectivity index (χ1n) is 5.42. The van der Waals surface area contributed by atoms with Crippen LogP contribution >= 0.6 is 0 Å². The van der Waals surface area contributed by atoms with Crippen molar-refractivity contribution in [2.45, 2.75) is 30.4 Å². The predicted octanol–water partition coefficient (Wildman–Crippen LogP) is 2.81. The van der Waals surface area contributed by atoms with E-state index in [1.54, 1.807) is 51.2 Å². The van der Waals surface area contributed by atoms with Crippen molar-refractivity contribution in [2.24, 2.45) is 0 Å². The smallest absolute Gasteiger partial charge is 0.183 e. The van der Waals surface area contributed by atoms with Gasteiger partial charge in [-0.1, -0.05) is 6.07 Å². The van der Waals surface area contributed by atoms with Gasteiger partial charge in [-0.05, 0) is 45.0 Å². The number of aromatic nitrogens is 1. The summed E-state index contributed by atoms with van der Waals surface area (Å²) in [5.41, 5.74) is 0.806. The Hall–Kier alpha value is -1.42. The maximum absolute atomic E-state index is 12.3. The lowest BCUT2D eigenvalue weighted by Gasteiger charge is -2.19. The van der Waals surface area contributed by atoms with Crippen LogP contribution in [0.25, 0.3) is 10.9 Å². The van der Waals surface area contributed by atoms with Crippen molar-refractivity contribution in [1.82, 2.24) is 4.98 Å². The zero-order chi connectivity index (χ0) is 12.7. The topological polar surface area (TPSA) is 47.0 Å². The Balaban J connectivity index is 2.66. The van der Waals surface area contributed by atoms with Crippen LogP contribution in [0.15, 0.2) is 41.4 Å². The third-order valence-corrected chi connectivity index (χ3v) is 5.18. The van der Waals surface area contributed by atoms with Crippen LogP contribution < -0.4 is 0 Å². The van der Waals surface area contributed by atoms with Gasteiger partial charge in [-0.3, -0.25) is 4.98 Å². The van der Waals surface area contributed by atoms with Crippen molar-refractivity contribution in [3.8, 4) is 0 Å². The fourth-order valence-corrected chi connectivity index (χ4v) is 2.81. The minimum absolute atomic E-state index is 0.352. The number of rotatable bonds is 1. The molecule has 0 bridgehead atoms. The number of benzene rings is 1. The van der Waals surface area contributed by atoms with Crippen molar-refractivity contribution in [1.29, 1.82) is 0 Å². The van der Waals surface area contributed by atoms with E-state index in [2.05, 4.69) is 4.98 Å². The number of nitrogens with zero attached hydrogens (tertiary/aromatic N) is 1. The summed E-state index contributed by atoms with van der Waals surface area (Å²) in [5, 5.41) is 0.845. The van der Waals surface area contributed by atoms with Crippen LogP contribution in [0.5, 0.6) is 0 Å². The van der Waals surface area contributed by atoms with E-state index >= 15 is 0 Å². The molecule has 0 aliphatic carbocycles. The van der Waals surface area contributed by atoms with E-state index in [0.29, 0.717) is 4.90 Å². The highest BCUT2D eigenvalue weighted by molar-refractivity contribution is 7.92. The quantitative estimate of drug-likeness (QED) is 0.780. The number of fused-ring (bicyclic) bond motifs is 1. The average molecular weight is 249 g/mol. The third-order valence-electron chi connectivity index (χ3n) is 2.69. The molecule has 0 saturated carbocycles. The summed E-state index contributed by atoms with van der Waals surface area (Å²) < 4.78 is 23.8. The molecule has 3 nitrogen and oxygen atoms in total. The summed E-state index contributed by atoms with van der Waals surface area (Å²) in [4.78, 5) is 4.52. The van der Waals surface area contributed by atoms with Gasteiger partial charge in [0, 0.05) is 11.6 Å². The number of hydrogen-bond acceptors (Lipinski definition) is 3. The van der Waals surface area contributed by atoms with E-state index in [1.807, 2.05) is 6.07 Å². The summed E-state index contributed by atoms with van der Waals surface area (Å²) in [6.07, 6.45) is 1.69. The normalized spacial score (nSPS) is 12.9. The summed E-state index contributed by atoms with van der Waals surface area (Å²) in [6.45, 7) is 5.11. The van der Waals surface area contributed by atoms with E-state index < -0.39 is 14.6 Å². The van der Waals surface area contributed by atoms with Gasteiger partial charge in [-0.2, -0.15) is 0 Å². The maximum atomic E-state index is 12.3. The lowest BCUT2D eigenvalue weighted by Crippen LogP contribution is -2.27. The molecule has 17 heavy (non-hydrogen) atoms. The number of hydrogen-bond donors (Lipinski definition) is 0. The van der Waals surface area contributed by atoms with Crippen molar-refractivity contribution >= 4 is 20.7 Å². The van der Waals surface area contributed by atoms with Gasteiger partial charge in [0.2, 0.25) is 0 Å². The molecule has 1 aromatic heterocycles. The van der Waals surface area contributed by atoms with E-state index in [1.165, 1.54) is 0 Å². The zero-order valence-electron chi connectivity index (χ0n) is 10.1. The van der Waals surface area contributed by atoms with Crippen LogP contribution in [0.3, 0.4) is 0 Å². The van der Waals surface area contributed by atoms with Crippen LogP contribution in [-0.4, -0.2) is 18.1 Å². The molecule has 0 spiro atoms. The first-order valence-corrected chi connectivity index (χ1v) is 6.90. The highest BCUT2D eigenvalue weighted by Crippen LogP contribution is 2.26. The fourth-order valence-electron chi connectivity index (χ4n) is 1.57. The van der Waals surface area contributed by atoms with Gasteiger partial charge < -0.3 is 0 Å². The second-order valence-electron chi connectivity index (χ2n) is 4.97. The standard InChI is InChI=1S/C13H15NO2S/c1-13(2,3)17(15,16)11-6-7-12-10(9-11)5-4-8-14-12/h4-9H,1-3H3. The first-order chi connectivity index (χ1) is 7.82. The Morgan fingerprint density at radius 1 is 1.12 bits per heavy atom. The molecular formula is C13H15NO2S.